The number of ether oxygens (including phenoxy) is 1. The SMILES string of the molecule is COc1cccc(Cc2nnc(C)n2-c2ccc(Cl)cc2)c1. The maximum absolute atomic E-state index is 5.96. The highest BCUT2D eigenvalue weighted by molar-refractivity contribution is 6.30. The van der Waals surface area contributed by atoms with Gasteiger partial charge in [0.2, 0.25) is 0 Å². The Morgan fingerprint density at radius 1 is 1.09 bits per heavy atom. The molecule has 112 valence electrons. The van der Waals surface area contributed by atoms with E-state index in [1.807, 2.05) is 54.0 Å². The van der Waals surface area contributed by atoms with E-state index in [-0.39, 0.29) is 0 Å². The molecule has 3 rings (SSSR count). The van der Waals surface area contributed by atoms with Crippen LogP contribution in [0.2, 0.25) is 5.02 Å². The molecule has 0 saturated carbocycles. The second kappa shape index (κ2) is 6.20. The van der Waals surface area contributed by atoms with E-state index in [0.29, 0.717) is 11.4 Å². The summed E-state index contributed by atoms with van der Waals surface area (Å²) in [6, 6.07) is 15.6. The quantitative estimate of drug-likeness (QED) is 0.735. The lowest BCUT2D eigenvalue weighted by Gasteiger charge is -2.09. The lowest BCUT2D eigenvalue weighted by atomic mass is 10.1. The van der Waals surface area contributed by atoms with Crippen molar-refractivity contribution in [2.75, 3.05) is 7.11 Å². The predicted molar refractivity (Wildman–Crippen MR) is 86.9 cm³/mol. The summed E-state index contributed by atoms with van der Waals surface area (Å²) in [4.78, 5) is 0. The van der Waals surface area contributed by atoms with E-state index in [1.165, 1.54) is 0 Å². The van der Waals surface area contributed by atoms with Crippen LogP contribution >= 0.6 is 11.6 Å². The van der Waals surface area contributed by atoms with Gasteiger partial charge in [0.05, 0.1) is 7.11 Å². The van der Waals surface area contributed by atoms with Crippen LogP contribution in [0.25, 0.3) is 5.69 Å². The minimum absolute atomic E-state index is 0.681. The van der Waals surface area contributed by atoms with Crippen LogP contribution in [0, 0.1) is 6.92 Å². The van der Waals surface area contributed by atoms with E-state index in [4.69, 9.17) is 16.3 Å². The molecule has 0 spiro atoms. The highest BCUT2D eigenvalue weighted by atomic mass is 35.5. The highest BCUT2D eigenvalue weighted by Gasteiger charge is 2.11. The second-order valence-electron chi connectivity index (χ2n) is 5.00. The molecular formula is C17H16ClN3O. The van der Waals surface area contributed by atoms with Gasteiger partial charge in [-0.15, -0.1) is 10.2 Å². The van der Waals surface area contributed by atoms with Gasteiger partial charge in [-0.05, 0) is 48.9 Å². The van der Waals surface area contributed by atoms with Crippen molar-refractivity contribution in [2.45, 2.75) is 13.3 Å². The van der Waals surface area contributed by atoms with Crippen molar-refractivity contribution in [2.24, 2.45) is 0 Å². The first-order valence-corrected chi connectivity index (χ1v) is 7.35. The Balaban J connectivity index is 1.96. The molecule has 0 atom stereocenters. The van der Waals surface area contributed by atoms with Crippen molar-refractivity contribution in [1.29, 1.82) is 0 Å². The minimum Gasteiger partial charge on any atom is -0.497 e. The fourth-order valence-electron chi connectivity index (χ4n) is 2.41. The largest absolute Gasteiger partial charge is 0.497 e. The lowest BCUT2D eigenvalue weighted by molar-refractivity contribution is 0.414. The third-order valence-corrected chi connectivity index (χ3v) is 3.73. The monoisotopic (exact) mass is 313 g/mol. The van der Waals surface area contributed by atoms with Crippen LogP contribution in [0.4, 0.5) is 0 Å². The average Bonchev–Trinajstić information content (AvgIpc) is 2.89. The average molecular weight is 314 g/mol. The molecule has 1 heterocycles. The van der Waals surface area contributed by atoms with Crippen molar-refractivity contribution in [3.05, 3.63) is 70.8 Å². The maximum atomic E-state index is 5.96. The molecule has 0 saturated heterocycles. The maximum Gasteiger partial charge on any atom is 0.142 e. The van der Waals surface area contributed by atoms with Crippen molar-refractivity contribution in [1.82, 2.24) is 14.8 Å². The van der Waals surface area contributed by atoms with Gasteiger partial charge in [-0.25, -0.2) is 0 Å². The number of methoxy groups -OCH3 is 1. The fraction of sp³-hybridized carbons (Fsp3) is 0.176. The summed E-state index contributed by atoms with van der Waals surface area (Å²) in [6.45, 7) is 1.94. The van der Waals surface area contributed by atoms with Crippen LogP contribution in [0.1, 0.15) is 17.2 Å². The second-order valence-corrected chi connectivity index (χ2v) is 5.44. The summed E-state index contributed by atoms with van der Waals surface area (Å²) in [7, 11) is 1.67. The Bertz CT molecular complexity index is 781. The number of hydrogen-bond donors (Lipinski definition) is 0. The Morgan fingerprint density at radius 2 is 1.86 bits per heavy atom. The van der Waals surface area contributed by atoms with E-state index in [1.54, 1.807) is 7.11 Å². The van der Waals surface area contributed by atoms with E-state index in [0.717, 1.165) is 28.6 Å². The van der Waals surface area contributed by atoms with Gasteiger partial charge in [0, 0.05) is 17.1 Å². The summed E-state index contributed by atoms with van der Waals surface area (Å²) >= 11 is 5.96. The molecule has 0 N–H and O–H groups in total. The van der Waals surface area contributed by atoms with Crippen LogP contribution in [0.15, 0.2) is 48.5 Å². The Kier molecular flexibility index (Phi) is 4.11. The van der Waals surface area contributed by atoms with E-state index >= 15 is 0 Å². The number of nitrogens with zero attached hydrogens (tertiary/aromatic N) is 3. The van der Waals surface area contributed by atoms with E-state index in [2.05, 4.69) is 16.3 Å². The number of benzene rings is 2. The van der Waals surface area contributed by atoms with Crippen molar-refractivity contribution in [3.8, 4) is 11.4 Å². The van der Waals surface area contributed by atoms with Crippen LogP contribution in [0.5, 0.6) is 5.75 Å². The van der Waals surface area contributed by atoms with E-state index in [9.17, 15) is 0 Å². The molecule has 0 aliphatic heterocycles. The Morgan fingerprint density at radius 3 is 2.59 bits per heavy atom. The number of halogens is 1. The van der Waals surface area contributed by atoms with Crippen LogP contribution in [0.3, 0.4) is 0 Å². The third kappa shape index (κ3) is 2.97. The normalized spacial score (nSPS) is 10.7. The minimum atomic E-state index is 0.681. The van der Waals surface area contributed by atoms with Crippen molar-refractivity contribution >= 4 is 11.6 Å². The number of aromatic nitrogens is 3. The molecule has 0 fully saturated rings. The first-order chi connectivity index (χ1) is 10.7. The van der Waals surface area contributed by atoms with Crippen LogP contribution in [-0.4, -0.2) is 21.9 Å². The molecule has 0 radical (unpaired) electrons. The molecule has 0 bridgehead atoms. The third-order valence-electron chi connectivity index (χ3n) is 3.47. The molecule has 3 aromatic rings. The van der Waals surface area contributed by atoms with Gasteiger partial charge < -0.3 is 4.74 Å². The summed E-state index contributed by atoms with van der Waals surface area (Å²) in [5, 5.41) is 9.22. The fourth-order valence-corrected chi connectivity index (χ4v) is 2.54. The zero-order valence-electron chi connectivity index (χ0n) is 12.5. The molecule has 5 heteroatoms. The molecule has 0 aliphatic rings. The number of rotatable bonds is 4. The zero-order chi connectivity index (χ0) is 15.5. The molecule has 2 aromatic carbocycles. The van der Waals surface area contributed by atoms with Gasteiger partial charge in [-0.1, -0.05) is 23.7 Å². The molecule has 1 aromatic heterocycles. The van der Waals surface area contributed by atoms with Crippen molar-refractivity contribution in [3.63, 3.8) is 0 Å². The summed E-state index contributed by atoms with van der Waals surface area (Å²) in [5.74, 6) is 2.57. The zero-order valence-corrected chi connectivity index (χ0v) is 13.2. The standard InChI is InChI=1S/C17H16ClN3O/c1-12-19-20-17(11-13-4-3-5-16(10-13)22-2)21(12)15-8-6-14(18)7-9-15/h3-10H,11H2,1-2H3. The molecule has 0 unspecified atom stereocenters. The molecule has 0 amide bonds. The predicted octanol–water partition coefficient (Wildman–Crippen LogP) is 3.83. The van der Waals surface area contributed by atoms with Crippen molar-refractivity contribution < 1.29 is 4.74 Å². The first-order valence-electron chi connectivity index (χ1n) is 6.97. The molecular weight excluding hydrogens is 298 g/mol. The number of hydrogen-bond acceptors (Lipinski definition) is 3. The van der Waals surface area contributed by atoms with Gasteiger partial charge in [0.1, 0.15) is 17.4 Å². The molecule has 4 nitrogen and oxygen atoms in total. The smallest absolute Gasteiger partial charge is 0.142 e. The van der Waals surface area contributed by atoms with Gasteiger partial charge in [0.25, 0.3) is 0 Å². The van der Waals surface area contributed by atoms with Gasteiger partial charge >= 0.3 is 0 Å². The Hall–Kier alpha value is -2.33. The number of aryl methyl sites for hydroxylation is 1. The van der Waals surface area contributed by atoms with Gasteiger partial charge in [-0.3, -0.25) is 4.57 Å². The van der Waals surface area contributed by atoms with Crippen LogP contribution in [-0.2, 0) is 6.42 Å². The topological polar surface area (TPSA) is 39.9 Å². The van der Waals surface area contributed by atoms with E-state index < -0.39 is 0 Å². The molecule has 22 heavy (non-hydrogen) atoms. The first kappa shape index (κ1) is 14.6. The Labute approximate surface area is 134 Å². The lowest BCUT2D eigenvalue weighted by Crippen LogP contribution is -2.04. The summed E-state index contributed by atoms with van der Waals surface area (Å²) < 4.78 is 7.31. The van der Waals surface area contributed by atoms with Crippen LogP contribution < -0.4 is 4.74 Å². The highest BCUT2D eigenvalue weighted by Crippen LogP contribution is 2.20. The molecule has 0 aliphatic carbocycles. The summed E-state index contributed by atoms with van der Waals surface area (Å²) in [5.41, 5.74) is 2.13. The van der Waals surface area contributed by atoms with Gasteiger partial charge in [-0.2, -0.15) is 0 Å². The summed E-state index contributed by atoms with van der Waals surface area (Å²) in [6.07, 6.45) is 0.681. The van der Waals surface area contributed by atoms with Gasteiger partial charge in [0.15, 0.2) is 0 Å².